The van der Waals surface area contributed by atoms with Crippen LogP contribution in [0.4, 0.5) is 0 Å². The zero-order valence-corrected chi connectivity index (χ0v) is 15.5. The van der Waals surface area contributed by atoms with Crippen LogP contribution in [0, 0.1) is 14.8 Å². The minimum absolute atomic E-state index is 0.841. The second-order valence-corrected chi connectivity index (χ2v) is 8.74. The van der Waals surface area contributed by atoms with Crippen LogP contribution in [0.2, 0.25) is 0 Å². The van der Waals surface area contributed by atoms with E-state index in [0.29, 0.717) is 0 Å². The Labute approximate surface area is 151 Å². The van der Waals surface area contributed by atoms with E-state index in [1.165, 1.54) is 5.56 Å². The van der Waals surface area contributed by atoms with Crippen LogP contribution in [0.1, 0.15) is 5.56 Å². The summed E-state index contributed by atoms with van der Waals surface area (Å²) in [4.78, 5) is 0. The van der Waals surface area contributed by atoms with Gasteiger partial charge in [-0.1, -0.05) is 58.6 Å². The Morgan fingerprint density at radius 2 is 1.26 bits per heavy atom. The number of thiazole rings is 2. The van der Waals surface area contributed by atoms with E-state index < -0.39 is 0 Å². The molecule has 23 heavy (non-hydrogen) atoms. The summed E-state index contributed by atoms with van der Waals surface area (Å²) in [6, 6.07) is 18.6. The molecule has 2 nitrogen and oxygen atoms in total. The highest BCUT2D eigenvalue weighted by Gasteiger charge is 2.15. The van der Waals surface area contributed by atoms with E-state index in [9.17, 15) is 0 Å². The first-order valence-corrected chi connectivity index (χ1v) is 9.50. The summed E-state index contributed by atoms with van der Waals surface area (Å²) in [5.74, 6) is 0. The van der Waals surface area contributed by atoms with Crippen molar-refractivity contribution in [2.45, 2.75) is 6.92 Å². The van der Waals surface area contributed by atoms with Crippen LogP contribution in [0.25, 0.3) is 21.0 Å². The Morgan fingerprint density at radius 3 is 1.83 bits per heavy atom. The molecule has 0 radical (unpaired) electrons. The molecule has 114 valence electrons. The van der Waals surface area contributed by atoms with Gasteiger partial charge in [0.2, 0.25) is 0 Å². The van der Waals surface area contributed by atoms with Crippen LogP contribution in [0.15, 0.2) is 54.6 Å². The molecule has 0 saturated heterocycles. The highest BCUT2D eigenvalue weighted by atomic mass is 32.2. The molecular formula is C17H12N2S4. The first-order chi connectivity index (χ1) is 11.1. The maximum absolute atomic E-state index is 5.62. The summed E-state index contributed by atoms with van der Waals surface area (Å²) in [7, 11) is 0. The molecule has 2 aromatic heterocycles. The molecule has 0 aliphatic rings. The van der Waals surface area contributed by atoms with Crippen LogP contribution >= 0.6 is 47.1 Å². The first kappa shape index (κ1) is 15.0. The summed E-state index contributed by atoms with van der Waals surface area (Å²) >= 11 is 14.4. The fourth-order valence-corrected chi connectivity index (χ4v) is 5.82. The normalized spacial score (nSPS) is 11.2. The molecule has 4 rings (SSSR count). The van der Waals surface area contributed by atoms with E-state index in [0.717, 1.165) is 28.9 Å². The molecule has 6 heteroatoms. The van der Waals surface area contributed by atoms with Crippen LogP contribution in [-0.4, -0.2) is 9.13 Å². The topological polar surface area (TPSA) is 9.86 Å². The zero-order chi connectivity index (χ0) is 16.0. The molecular weight excluding hydrogens is 360 g/mol. The number of para-hydroxylation sites is 1. The lowest BCUT2D eigenvalue weighted by molar-refractivity contribution is 1.01. The van der Waals surface area contributed by atoms with Gasteiger partial charge in [-0.15, -0.1) is 0 Å². The van der Waals surface area contributed by atoms with Crippen LogP contribution < -0.4 is 0 Å². The predicted octanol–water partition coefficient (Wildman–Crippen LogP) is 6.31. The van der Waals surface area contributed by atoms with Gasteiger partial charge >= 0.3 is 0 Å². The molecule has 2 aromatic carbocycles. The zero-order valence-electron chi connectivity index (χ0n) is 12.2. The maximum atomic E-state index is 5.62. The number of fused-ring (bicyclic) bond motifs is 1. The number of benzene rings is 2. The highest BCUT2D eigenvalue weighted by Crippen LogP contribution is 2.34. The van der Waals surface area contributed by atoms with Gasteiger partial charge in [0.15, 0.2) is 13.6 Å². The molecule has 0 aliphatic heterocycles. The second-order valence-electron chi connectivity index (χ2n) is 5.19. The first-order valence-electron chi connectivity index (χ1n) is 7.05. The van der Waals surface area contributed by atoms with Gasteiger partial charge in [-0.05, 0) is 55.6 Å². The van der Waals surface area contributed by atoms with E-state index in [1.54, 1.807) is 22.7 Å². The summed E-state index contributed by atoms with van der Waals surface area (Å²) < 4.78 is 7.07. The molecule has 2 heterocycles. The molecule has 0 unspecified atom stereocenters. The van der Waals surface area contributed by atoms with Crippen molar-refractivity contribution >= 4 is 56.8 Å². The quantitative estimate of drug-likeness (QED) is 0.381. The van der Waals surface area contributed by atoms with Crippen molar-refractivity contribution in [3.63, 3.8) is 0 Å². The molecule has 0 saturated carbocycles. The fourth-order valence-electron chi connectivity index (χ4n) is 2.54. The summed E-state index contributed by atoms with van der Waals surface area (Å²) in [6.45, 7) is 2.09. The van der Waals surface area contributed by atoms with E-state index in [-0.39, 0.29) is 0 Å². The van der Waals surface area contributed by atoms with Crippen molar-refractivity contribution in [2.75, 3.05) is 0 Å². The van der Waals surface area contributed by atoms with Crippen LogP contribution in [0.3, 0.4) is 0 Å². The Morgan fingerprint density at radius 1 is 0.739 bits per heavy atom. The highest BCUT2D eigenvalue weighted by molar-refractivity contribution is 7.75. The molecule has 0 atom stereocenters. The molecule has 0 spiro atoms. The SMILES string of the molecule is Cc1ccc(-n2c(=S)sc3sc(=S)n(-c4ccccc4)c32)cc1. The van der Waals surface area contributed by atoms with Crippen LogP contribution in [0.5, 0.6) is 0 Å². The average molecular weight is 373 g/mol. The number of aromatic nitrogens is 2. The number of hydrogen-bond donors (Lipinski definition) is 0. The molecule has 0 amide bonds. The van der Waals surface area contributed by atoms with Gasteiger partial charge in [0.05, 0.1) is 0 Å². The third-order valence-corrected chi connectivity index (χ3v) is 6.45. The fraction of sp³-hybridized carbons (Fsp3) is 0.0588. The minimum atomic E-state index is 0.841. The lowest BCUT2D eigenvalue weighted by atomic mass is 10.2. The lowest BCUT2D eigenvalue weighted by Crippen LogP contribution is -2.01. The Bertz CT molecular complexity index is 1100. The van der Waals surface area contributed by atoms with Crippen molar-refractivity contribution in [2.24, 2.45) is 0 Å². The molecule has 0 bridgehead atoms. The van der Waals surface area contributed by atoms with Gasteiger partial charge in [-0.2, -0.15) is 0 Å². The van der Waals surface area contributed by atoms with E-state index >= 15 is 0 Å². The third-order valence-electron chi connectivity index (χ3n) is 3.64. The van der Waals surface area contributed by atoms with Gasteiger partial charge in [0, 0.05) is 11.4 Å². The maximum Gasteiger partial charge on any atom is 0.168 e. The monoisotopic (exact) mass is 372 g/mol. The van der Waals surface area contributed by atoms with Gasteiger partial charge in [0.1, 0.15) is 4.01 Å². The van der Waals surface area contributed by atoms with Gasteiger partial charge in [0.25, 0.3) is 0 Å². The largest absolute Gasteiger partial charge is 0.276 e. The van der Waals surface area contributed by atoms with Gasteiger partial charge in [-0.3, -0.25) is 9.13 Å². The number of hydrogen-bond acceptors (Lipinski definition) is 4. The van der Waals surface area contributed by atoms with Crippen molar-refractivity contribution in [3.05, 3.63) is 68.1 Å². The van der Waals surface area contributed by atoms with Crippen molar-refractivity contribution in [1.29, 1.82) is 0 Å². The Balaban J connectivity index is 2.09. The molecule has 4 aromatic rings. The van der Waals surface area contributed by atoms with E-state index in [4.69, 9.17) is 24.4 Å². The number of rotatable bonds is 2. The molecule has 0 aliphatic carbocycles. The van der Waals surface area contributed by atoms with Crippen molar-refractivity contribution < 1.29 is 0 Å². The summed E-state index contributed by atoms with van der Waals surface area (Å²) in [5, 5.41) is 0. The molecule has 0 fully saturated rings. The van der Waals surface area contributed by atoms with E-state index in [2.05, 4.69) is 52.5 Å². The van der Waals surface area contributed by atoms with Crippen molar-refractivity contribution in [3.8, 4) is 11.4 Å². The van der Waals surface area contributed by atoms with Gasteiger partial charge < -0.3 is 0 Å². The van der Waals surface area contributed by atoms with Crippen LogP contribution in [-0.2, 0) is 0 Å². The smallest absolute Gasteiger partial charge is 0.168 e. The Hall–Kier alpha value is -1.60. The summed E-state index contributed by atoms with van der Waals surface area (Å²) in [6.07, 6.45) is 0. The predicted molar refractivity (Wildman–Crippen MR) is 105 cm³/mol. The standard InChI is InChI=1S/C17H12N2S4/c1-11-7-9-13(10-8-11)19-14-15(23-17(19)21)22-16(20)18(14)12-5-3-2-4-6-12/h2-10H,1H3. The minimum Gasteiger partial charge on any atom is -0.276 e. The van der Waals surface area contributed by atoms with Crippen molar-refractivity contribution in [1.82, 2.24) is 9.13 Å². The third kappa shape index (κ3) is 2.52. The number of nitrogens with zero attached hydrogens (tertiary/aromatic N) is 2. The second kappa shape index (κ2) is 5.79. The molecule has 0 N–H and O–H groups in total. The average Bonchev–Trinajstić information content (AvgIpc) is 3.02. The Kier molecular flexibility index (Phi) is 3.77. The van der Waals surface area contributed by atoms with E-state index in [1.807, 2.05) is 18.2 Å². The summed E-state index contributed by atoms with van der Waals surface area (Å²) in [5.41, 5.74) is 4.43. The number of aryl methyl sites for hydroxylation is 1. The van der Waals surface area contributed by atoms with Gasteiger partial charge in [-0.25, -0.2) is 0 Å². The lowest BCUT2D eigenvalue weighted by Gasteiger charge is -2.09.